The van der Waals surface area contributed by atoms with Gasteiger partial charge in [-0.05, 0) is 40.5 Å². The zero-order valence-electron chi connectivity index (χ0n) is 17.4. The van der Waals surface area contributed by atoms with Gasteiger partial charge in [0.05, 0.1) is 6.61 Å². The molecule has 9 heteroatoms. The van der Waals surface area contributed by atoms with Gasteiger partial charge in [-0.2, -0.15) is 0 Å². The number of amides is 1. The van der Waals surface area contributed by atoms with E-state index in [9.17, 15) is 9.59 Å². The molecule has 1 amide bonds. The summed E-state index contributed by atoms with van der Waals surface area (Å²) in [5.74, 6) is 0.581. The molecule has 0 aliphatic rings. The Morgan fingerprint density at radius 3 is 2.11 bits per heavy atom. The molecule has 8 nitrogen and oxygen atoms in total. The summed E-state index contributed by atoms with van der Waals surface area (Å²) in [4.78, 5) is 26.8. The van der Waals surface area contributed by atoms with Crippen molar-refractivity contribution in [2.75, 3.05) is 33.3 Å². The molecule has 3 N–H and O–H groups in total. The predicted octanol–water partition coefficient (Wildman–Crippen LogP) is 2.81. The van der Waals surface area contributed by atoms with Crippen molar-refractivity contribution >= 4 is 42.0 Å². The molecule has 0 fully saturated rings. The molecule has 0 radical (unpaired) electrons. The average molecular weight is 500 g/mol. The molecule has 0 saturated heterocycles. The average Bonchev–Trinajstić information content (AvgIpc) is 2.54. The number of ether oxygens (including phenoxy) is 2. The number of guanidine groups is 1. The number of esters is 1. The molecule has 27 heavy (non-hydrogen) atoms. The molecule has 0 aromatic rings. The first kappa shape index (κ1) is 28.0. The number of halogens is 1. The van der Waals surface area contributed by atoms with Gasteiger partial charge < -0.3 is 25.4 Å². The van der Waals surface area contributed by atoms with Crippen LogP contribution in [0.3, 0.4) is 0 Å². The van der Waals surface area contributed by atoms with Crippen molar-refractivity contribution in [3.05, 3.63) is 0 Å². The Balaban J connectivity index is 0. The highest BCUT2D eigenvalue weighted by molar-refractivity contribution is 14.0. The molecule has 0 unspecified atom stereocenters. The maximum Gasteiger partial charge on any atom is 0.407 e. The monoisotopic (exact) mass is 500 g/mol. The Bertz CT molecular complexity index is 440. The molecular formula is C18H37IN4O4. The van der Waals surface area contributed by atoms with Crippen LogP contribution < -0.4 is 16.0 Å². The van der Waals surface area contributed by atoms with E-state index in [-0.39, 0.29) is 29.9 Å². The summed E-state index contributed by atoms with van der Waals surface area (Å²) in [7, 11) is 1.70. The van der Waals surface area contributed by atoms with Crippen molar-refractivity contribution in [2.45, 2.75) is 65.4 Å². The number of carbonyl (C=O) groups is 2. The first-order chi connectivity index (χ1) is 12.3. The summed E-state index contributed by atoms with van der Waals surface area (Å²) < 4.78 is 10.0. The lowest BCUT2D eigenvalue weighted by Crippen LogP contribution is -2.42. The lowest BCUT2D eigenvalue weighted by Gasteiger charge is -2.19. The van der Waals surface area contributed by atoms with Gasteiger partial charge in [0, 0.05) is 33.1 Å². The topological polar surface area (TPSA) is 101 Å². The van der Waals surface area contributed by atoms with Crippen molar-refractivity contribution < 1.29 is 19.1 Å². The van der Waals surface area contributed by atoms with Crippen LogP contribution in [-0.2, 0) is 14.3 Å². The number of nitrogens with one attached hydrogen (secondary N) is 3. The van der Waals surface area contributed by atoms with Crippen LogP contribution >= 0.6 is 24.0 Å². The number of hydrogen-bond acceptors (Lipinski definition) is 5. The van der Waals surface area contributed by atoms with E-state index in [1.807, 2.05) is 27.7 Å². The molecule has 0 aliphatic heterocycles. The van der Waals surface area contributed by atoms with Crippen LogP contribution in [0.5, 0.6) is 0 Å². The van der Waals surface area contributed by atoms with Crippen LogP contribution in [0.1, 0.15) is 59.8 Å². The van der Waals surface area contributed by atoms with E-state index in [0.29, 0.717) is 32.1 Å². The fraction of sp³-hybridized carbons (Fsp3) is 0.833. The van der Waals surface area contributed by atoms with E-state index in [1.165, 1.54) is 0 Å². The summed E-state index contributed by atoms with van der Waals surface area (Å²) in [6.07, 6.45) is 3.98. The third-order valence-corrected chi connectivity index (χ3v) is 3.21. The zero-order chi connectivity index (χ0) is 19.8. The highest BCUT2D eigenvalue weighted by Gasteiger charge is 2.15. The van der Waals surface area contributed by atoms with E-state index < -0.39 is 11.7 Å². The molecule has 0 spiro atoms. The van der Waals surface area contributed by atoms with Crippen molar-refractivity contribution in [1.82, 2.24) is 16.0 Å². The predicted molar refractivity (Wildman–Crippen MR) is 119 cm³/mol. The molecule has 0 aliphatic carbocycles. The Kier molecular flexibility index (Phi) is 17.5. The third-order valence-electron chi connectivity index (χ3n) is 3.21. The minimum atomic E-state index is -0.495. The molecule has 0 bridgehead atoms. The lowest BCUT2D eigenvalue weighted by atomic mass is 10.1. The van der Waals surface area contributed by atoms with Crippen LogP contribution in [-0.4, -0.2) is 56.9 Å². The van der Waals surface area contributed by atoms with Crippen molar-refractivity contribution in [3.63, 3.8) is 0 Å². The minimum Gasteiger partial charge on any atom is -0.466 e. The molecule has 0 aromatic heterocycles. The van der Waals surface area contributed by atoms with Gasteiger partial charge in [0.2, 0.25) is 0 Å². The Morgan fingerprint density at radius 2 is 1.52 bits per heavy atom. The lowest BCUT2D eigenvalue weighted by molar-refractivity contribution is -0.143. The summed E-state index contributed by atoms with van der Waals surface area (Å²) in [5, 5.41) is 9.03. The normalized spacial score (nSPS) is 11.2. The maximum absolute atomic E-state index is 11.5. The standard InChI is InChI=1S/C18H36N4O4.HI/c1-6-25-15(23)11-9-7-8-10-12-20-16(19-5)21-13-14-22-17(24)26-18(2,3)4;/h6-14H2,1-5H3,(H,22,24)(H2,19,20,21);1H. The summed E-state index contributed by atoms with van der Waals surface area (Å²) in [6, 6.07) is 0. The van der Waals surface area contributed by atoms with Gasteiger partial charge in [0.1, 0.15) is 5.60 Å². The fourth-order valence-corrected chi connectivity index (χ4v) is 2.07. The largest absolute Gasteiger partial charge is 0.466 e. The van der Waals surface area contributed by atoms with E-state index in [0.717, 1.165) is 32.2 Å². The third kappa shape index (κ3) is 19.3. The smallest absolute Gasteiger partial charge is 0.407 e. The van der Waals surface area contributed by atoms with Gasteiger partial charge in [0.15, 0.2) is 5.96 Å². The van der Waals surface area contributed by atoms with Crippen LogP contribution in [0.15, 0.2) is 4.99 Å². The molecule has 0 saturated carbocycles. The first-order valence-electron chi connectivity index (χ1n) is 9.35. The Labute approximate surface area is 180 Å². The van der Waals surface area contributed by atoms with Gasteiger partial charge in [0.25, 0.3) is 0 Å². The van der Waals surface area contributed by atoms with Crippen LogP contribution in [0.25, 0.3) is 0 Å². The Hall–Kier alpha value is -1.26. The Morgan fingerprint density at radius 1 is 0.926 bits per heavy atom. The van der Waals surface area contributed by atoms with E-state index in [1.54, 1.807) is 7.05 Å². The van der Waals surface area contributed by atoms with Crippen LogP contribution in [0.4, 0.5) is 4.79 Å². The highest BCUT2D eigenvalue weighted by atomic mass is 127. The number of hydrogen-bond donors (Lipinski definition) is 3. The number of nitrogens with zero attached hydrogens (tertiary/aromatic N) is 1. The summed E-state index contributed by atoms with van der Waals surface area (Å²) in [5.41, 5.74) is -0.495. The van der Waals surface area contributed by atoms with Gasteiger partial charge in [-0.3, -0.25) is 9.79 Å². The molecule has 0 rings (SSSR count). The van der Waals surface area contributed by atoms with E-state index in [4.69, 9.17) is 9.47 Å². The molecule has 0 heterocycles. The van der Waals surface area contributed by atoms with E-state index >= 15 is 0 Å². The number of unbranched alkanes of at least 4 members (excludes halogenated alkanes) is 3. The number of carbonyl (C=O) groups excluding carboxylic acids is 2. The van der Waals surface area contributed by atoms with Crippen molar-refractivity contribution in [3.8, 4) is 0 Å². The minimum absolute atomic E-state index is 0. The van der Waals surface area contributed by atoms with Gasteiger partial charge in [-0.1, -0.05) is 12.8 Å². The second-order valence-electron chi connectivity index (χ2n) is 6.82. The molecule has 0 atom stereocenters. The maximum atomic E-state index is 11.5. The zero-order valence-corrected chi connectivity index (χ0v) is 19.7. The second-order valence-corrected chi connectivity index (χ2v) is 6.82. The van der Waals surface area contributed by atoms with Gasteiger partial charge >= 0.3 is 12.1 Å². The number of alkyl carbamates (subject to hydrolysis) is 1. The highest BCUT2D eigenvalue weighted by Crippen LogP contribution is 2.06. The number of aliphatic imine (C=N–C) groups is 1. The SMILES string of the molecule is CCOC(=O)CCCCCCNC(=NC)NCCNC(=O)OC(C)(C)C.I. The van der Waals surface area contributed by atoms with Gasteiger partial charge in [-0.25, -0.2) is 4.79 Å². The molecule has 0 aromatic carbocycles. The molecule has 160 valence electrons. The van der Waals surface area contributed by atoms with Gasteiger partial charge in [-0.15, -0.1) is 24.0 Å². The first-order valence-corrected chi connectivity index (χ1v) is 9.35. The number of rotatable bonds is 11. The second kappa shape index (κ2) is 16.9. The van der Waals surface area contributed by atoms with Crippen LogP contribution in [0, 0.1) is 0 Å². The van der Waals surface area contributed by atoms with Crippen molar-refractivity contribution in [2.24, 2.45) is 4.99 Å². The van der Waals surface area contributed by atoms with Crippen LogP contribution in [0.2, 0.25) is 0 Å². The van der Waals surface area contributed by atoms with Crippen molar-refractivity contribution in [1.29, 1.82) is 0 Å². The van der Waals surface area contributed by atoms with E-state index in [2.05, 4.69) is 20.9 Å². The summed E-state index contributed by atoms with van der Waals surface area (Å²) in [6.45, 7) is 9.55. The summed E-state index contributed by atoms with van der Waals surface area (Å²) >= 11 is 0. The molecular weight excluding hydrogens is 463 g/mol. The fourth-order valence-electron chi connectivity index (χ4n) is 2.07. The quantitative estimate of drug-likeness (QED) is 0.133.